The van der Waals surface area contributed by atoms with Gasteiger partial charge in [-0.2, -0.15) is 5.10 Å². The Balaban J connectivity index is 0.00000242. The standard InChI is InChI=1S/C16H28N4O.ClH/c1-12-13(10-19-20(12)15(2,3)4)14(21)18-11-16(5)6-8-17-9-7-16;/h10,17H,6-9,11H2,1-5H3,(H,18,21);1H. The van der Waals surface area contributed by atoms with Crippen LogP contribution in [-0.2, 0) is 5.54 Å². The van der Waals surface area contributed by atoms with Crippen molar-refractivity contribution in [1.29, 1.82) is 0 Å². The van der Waals surface area contributed by atoms with E-state index in [0.717, 1.165) is 38.2 Å². The van der Waals surface area contributed by atoms with E-state index in [1.165, 1.54) is 0 Å². The fraction of sp³-hybridized carbons (Fsp3) is 0.750. The van der Waals surface area contributed by atoms with E-state index >= 15 is 0 Å². The number of hydrogen-bond acceptors (Lipinski definition) is 3. The van der Waals surface area contributed by atoms with Crippen LogP contribution in [0, 0.1) is 12.3 Å². The van der Waals surface area contributed by atoms with Gasteiger partial charge in [-0.3, -0.25) is 9.48 Å². The van der Waals surface area contributed by atoms with Crippen molar-refractivity contribution < 1.29 is 4.79 Å². The molecular weight excluding hydrogens is 300 g/mol. The molecule has 1 amide bonds. The number of nitrogens with zero attached hydrogens (tertiary/aromatic N) is 2. The zero-order valence-electron chi connectivity index (χ0n) is 14.3. The Morgan fingerprint density at radius 3 is 2.50 bits per heavy atom. The van der Waals surface area contributed by atoms with Crippen molar-refractivity contribution in [3.63, 3.8) is 0 Å². The molecule has 1 saturated heterocycles. The average Bonchev–Trinajstić information content (AvgIpc) is 2.79. The Bertz CT molecular complexity index is 513. The highest BCUT2D eigenvalue weighted by Gasteiger charge is 2.28. The summed E-state index contributed by atoms with van der Waals surface area (Å²) in [5, 5.41) is 10.8. The normalized spacial score (nSPS) is 17.7. The second-order valence-corrected chi connectivity index (χ2v) is 7.47. The van der Waals surface area contributed by atoms with Crippen LogP contribution in [0.2, 0.25) is 0 Å². The fourth-order valence-electron chi connectivity index (χ4n) is 2.90. The van der Waals surface area contributed by atoms with Gasteiger partial charge in [-0.05, 0) is 59.0 Å². The number of rotatable bonds is 3. The van der Waals surface area contributed by atoms with Gasteiger partial charge < -0.3 is 10.6 Å². The summed E-state index contributed by atoms with van der Waals surface area (Å²) in [5.74, 6) is -0.0113. The van der Waals surface area contributed by atoms with Crippen LogP contribution in [-0.4, -0.2) is 35.3 Å². The van der Waals surface area contributed by atoms with Gasteiger partial charge in [0.2, 0.25) is 0 Å². The van der Waals surface area contributed by atoms with Crippen LogP contribution >= 0.6 is 12.4 Å². The largest absolute Gasteiger partial charge is 0.351 e. The van der Waals surface area contributed by atoms with Crippen molar-refractivity contribution in [1.82, 2.24) is 20.4 Å². The zero-order chi connectivity index (χ0) is 15.7. The van der Waals surface area contributed by atoms with Crippen LogP contribution in [0.3, 0.4) is 0 Å². The highest BCUT2D eigenvalue weighted by atomic mass is 35.5. The van der Waals surface area contributed by atoms with Gasteiger partial charge in [0.1, 0.15) is 0 Å². The van der Waals surface area contributed by atoms with Gasteiger partial charge in [0, 0.05) is 12.2 Å². The predicted molar refractivity (Wildman–Crippen MR) is 91.8 cm³/mol. The van der Waals surface area contributed by atoms with Crippen LogP contribution in [0.4, 0.5) is 0 Å². The zero-order valence-corrected chi connectivity index (χ0v) is 15.1. The van der Waals surface area contributed by atoms with Crippen molar-refractivity contribution in [2.75, 3.05) is 19.6 Å². The van der Waals surface area contributed by atoms with Crippen molar-refractivity contribution in [2.45, 2.75) is 53.0 Å². The van der Waals surface area contributed by atoms with Gasteiger partial charge in [0.05, 0.1) is 17.3 Å². The number of nitrogens with one attached hydrogen (secondary N) is 2. The molecule has 2 N–H and O–H groups in total. The summed E-state index contributed by atoms with van der Waals surface area (Å²) >= 11 is 0. The Morgan fingerprint density at radius 1 is 1.41 bits per heavy atom. The van der Waals surface area contributed by atoms with E-state index in [1.54, 1.807) is 6.20 Å². The number of carbonyl (C=O) groups is 1. The van der Waals surface area contributed by atoms with Crippen LogP contribution < -0.4 is 10.6 Å². The SMILES string of the molecule is Cc1c(C(=O)NCC2(C)CCNCC2)cnn1C(C)(C)C.Cl. The molecule has 0 unspecified atom stereocenters. The molecule has 5 nitrogen and oxygen atoms in total. The van der Waals surface area contributed by atoms with E-state index in [1.807, 2.05) is 11.6 Å². The minimum Gasteiger partial charge on any atom is -0.351 e. The molecule has 0 saturated carbocycles. The van der Waals surface area contributed by atoms with Crippen molar-refractivity contribution in [3.05, 3.63) is 17.5 Å². The number of hydrogen-bond donors (Lipinski definition) is 2. The van der Waals surface area contributed by atoms with Gasteiger partial charge in [0.25, 0.3) is 5.91 Å². The summed E-state index contributed by atoms with van der Waals surface area (Å²) in [4.78, 5) is 12.4. The van der Waals surface area contributed by atoms with E-state index in [-0.39, 0.29) is 29.3 Å². The molecule has 1 fully saturated rings. The van der Waals surface area contributed by atoms with Gasteiger partial charge in [-0.15, -0.1) is 12.4 Å². The molecule has 22 heavy (non-hydrogen) atoms. The number of halogens is 1. The molecule has 0 radical (unpaired) electrons. The highest BCUT2D eigenvalue weighted by molar-refractivity contribution is 5.95. The molecule has 0 bridgehead atoms. The number of carbonyl (C=O) groups excluding carboxylic acids is 1. The monoisotopic (exact) mass is 328 g/mol. The van der Waals surface area contributed by atoms with Crippen LogP contribution in [0.1, 0.15) is 56.6 Å². The molecule has 0 aliphatic carbocycles. The summed E-state index contributed by atoms with van der Waals surface area (Å²) in [6, 6.07) is 0. The van der Waals surface area contributed by atoms with Gasteiger partial charge in [-0.25, -0.2) is 0 Å². The lowest BCUT2D eigenvalue weighted by Crippen LogP contribution is -2.43. The maximum atomic E-state index is 12.4. The molecule has 0 atom stereocenters. The smallest absolute Gasteiger partial charge is 0.254 e. The lowest BCUT2D eigenvalue weighted by Gasteiger charge is -2.34. The quantitative estimate of drug-likeness (QED) is 0.896. The molecule has 2 rings (SSSR count). The first-order chi connectivity index (χ1) is 9.73. The minimum absolute atomic E-state index is 0. The van der Waals surface area contributed by atoms with E-state index in [9.17, 15) is 4.79 Å². The van der Waals surface area contributed by atoms with Crippen molar-refractivity contribution in [2.24, 2.45) is 5.41 Å². The molecule has 1 aliphatic rings. The maximum absolute atomic E-state index is 12.4. The first-order valence-electron chi connectivity index (χ1n) is 7.77. The predicted octanol–water partition coefficient (Wildman–Crippen LogP) is 2.49. The van der Waals surface area contributed by atoms with E-state index in [2.05, 4.69) is 43.4 Å². The molecule has 0 spiro atoms. The van der Waals surface area contributed by atoms with Crippen LogP contribution in [0.5, 0.6) is 0 Å². The number of piperidine rings is 1. The molecule has 1 aromatic heterocycles. The summed E-state index contributed by atoms with van der Waals surface area (Å²) in [7, 11) is 0. The summed E-state index contributed by atoms with van der Waals surface area (Å²) in [6.45, 7) is 13.3. The van der Waals surface area contributed by atoms with Crippen molar-refractivity contribution >= 4 is 18.3 Å². The third-order valence-electron chi connectivity index (χ3n) is 4.38. The lowest BCUT2D eigenvalue weighted by atomic mass is 9.81. The highest BCUT2D eigenvalue weighted by Crippen LogP contribution is 2.27. The van der Waals surface area contributed by atoms with Gasteiger partial charge >= 0.3 is 0 Å². The van der Waals surface area contributed by atoms with Gasteiger partial charge in [0.15, 0.2) is 0 Å². The maximum Gasteiger partial charge on any atom is 0.254 e. The molecule has 0 aromatic carbocycles. The topological polar surface area (TPSA) is 59.0 Å². The van der Waals surface area contributed by atoms with Gasteiger partial charge in [-0.1, -0.05) is 6.92 Å². The van der Waals surface area contributed by atoms with E-state index < -0.39 is 0 Å². The Kier molecular flexibility index (Phi) is 6.04. The summed E-state index contributed by atoms with van der Waals surface area (Å²) < 4.78 is 1.91. The molecule has 6 heteroatoms. The average molecular weight is 329 g/mol. The Morgan fingerprint density at radius 2 is 2.00 bits per heavy atom. The van der Waals surface area contributed by atoms with Crippen LogP contribution in [0.25, 0.3) is 0 Å². The molecule has 1 aromatic rings. The Labute approximate surface area is 139 Å². The first-order valence-corrected chi connectivity index (χ1v) is 7.77. The van der Waals surface area contributed by atoms with E-state index in [4.69, 9.17) is 0 Å². The van der Waals surface area contributed by atoms with Crippen molar-refractivity contribution in [3.8, 4) is 0 Å². The Hall–Kier alpha value is -1.07. The molecule has 126 valence electrons. The van der Waals surface area contributed by atoms with Crippen LogP contribution in [0.15, 0.2) is 6.20 Å². The molecular formula is C16H29ClN4O. The number of amides is 1. The molecule has 1 aliphatic heterocycles. The third kappa shape index (κ3) is 4.23. The second-order valence-electron chi connectivity index (χ2n) is 7.47. The minimum atomic E-state index is -0.108. The molecule has 2 heterocycles. The summed E-state index contributed by atoms with van der Waals surface area (Å²) in [5.41, 5.74) is 1.70. The number of aromatic nitrogens is 2. The third-order valence-corrected chi connectivity index (χ3v) is 4.38. The lowest BCUT2D eigenvalue weighted by molar-refractivity contribution is 0.0921. The summed E-state index contributed by atoms with van der Waals surface area (Å²) in [6.07, 6.45) is 3.89. The van der Waals surface area contributed by atoms with E-state index in [0.29, 0.717) is 5.56 Å². The fourth-order valence-corrected chi connectivity index (χ4v) is 2.90. The first kappa shape index (κ1) is 19.0. The second kappa shape index (κ2) is 7.01.